The Bertz CT molecular complexity index is 792. The zero-order valence-electron chi connectivity index (χ0n) is 15.9. The van der Waals surface area contributed by atoms with E-state index >= 15 is 0 Å². The molecular weight excluding hydrogens is 382 g/mol. The predicted octanol–water partition coefficient (Wildman–Crippen LogP) is 4.55. The molecule has 28 heavy (non-hydrogen) atoms. The van der Waals surface area contributed by atoms with E-state index in [9.17, 15) is 14.7 Å². The van der Waals surface area contributed by atoms with E-state index in [1.54, 1.807) is 24.3 Å². The van der Waals surface area contributed by atoms with Crippen molar-refractivity contribution >= 4 is 29.4 Å². The van der Waals surface area contributed by atoms with Gasteiger partial charge in [0.15, 0.2) is 6.10 Å². The third kappa shape index (κ3) is 7.58. The Morgan fingerprint density at radius 2 is 1.79 bits per heavy atom. The number of carbonyl (C=O) groups excluding carboxylic acids is 1. The Morgan fingerprint density at radius 1 is 1.11 bits per heavy atom. The van der Waals surface area contributed by atoms with Crippen molar-refractivity contribution in [1.82, 2.24) is 0 Å². The van der Waals surface area contributed by atoms with Crippen molar-refractivity contribution in [3.05, 3.63) is 64.7 Å². The topological polar surface area (TPSA) is 84.9 Å². The Labute approximate surface area is 169 Å². The van der Waals surface area contributed by atoms with Crippen LogP contribution >= 0.6 is 11.6 Å². The number of carboxylic acid groups (broad SMARTS) is 1. The van der Waals surface area contributed by atoms with Gasteiger partial charge in [-0.15, -0.1) is 0 Å². The molecule has 2 aromatic carbocycles. The van der Waals surface area contributed by atoms with Crippen LogP contribution in [0, 0.1) is 0 Å². The van der Waals surface area contributed by atoms with Gasteiger partial charge in [0.05, 0.1) is 12.7 Å². The van der Waals surface area contributed by atoms with E-state index in [2.05, 4.69) is 5.32 Å². The van der Waals surface area contributed by atoms with Crippen molar-refractivity contribution in [2.24, 2.45) is 0 Å². The highest BCUT2D eigenvalue weighted by Crippen LogP contribution is 2.15. The smallest absolute Gasteiger partial charge is 0.411 e. The highest BCUT2D eigenvalue weighted by Gasteiger charge is 2.19. The van der Waals surface area contributed by atoms with Crippen molar-refractivity contribution in [1.29, 1.82) is 0 Å². The summed E-state index contributed by atoms with van der Waals surface area (Å²) in [6.45, 7) is 3.84. The van der Waals surface area contributed by atoms with Crippen LogP contribution in [0.15, 0.2) is 48.5 Å². The van der Waals surface area contributed by atoms with E-state index < -0.39 is 18.2 Å². The van der Waals surface area contributed by atoms with Crippen molar-refractivity contribution in [2.45, 2.75) is 38.9 Å². The molecule has 6 nitrogen and oxygen atoms in total. The average molecular weight is 406 g/mol. The first-order valence-corrected chi connectivity index (χ1v) is 9.36. The van der Waals surface area contributed by atoms with Crippen LogP contribution in [-0.2, 0) is 27.1 Å². The van der Waals surface area contributed by atoms with Gasteiger partial charge in [0, 0.05) is 23.6 Å². The van der Waals surface area contributed by atoms with E-state index in [1.807, 2.05) is 38.1 Å². The molecule has 0 radical (unpaired) electrons. The molecule has 7 heteroatoms. The molecule has 0 aliphatic carbocycles. The molecule has 150 valence electrons. The molecule has 0 spiro atoms. The number of nitrogens with one attached hydrogen (secondary N) is 1. The molecule has 0 aliphatic rings. The molecule has 0 heterocycles. The lowest BCUT2D eigenvalue weighted by molar-refractivity contribution is -0.153. The van der Waals surface area contributed by atoms with Gasteiger partial charge in [-0.25, -0.2) is 9.59 Å². The van der Waals surface area contributed by atoms with Gasteiger partial charge < -0.3 is 14.6 Å². The SMILES string of the molecule is CC(C)OC(Cc1ccc(CCOC(=O)Nc2cccc(Cl)c2)cc1)C(=O)O. The van der Waals surface area contributed by atoms with Crippen LogP contribution in [0.5, 0.6) is 0 Å². The summed E-state index contributed by atoms with van der Waals surface area (Å²) in [5.74, 6) is -0.975. The second-order valence-electron chi connectivity index (χ2n) is 6.55. The summed E-state index contributed by atoms with van der Waals surface area (Å²) in [4.78, 5) is 23.1. The van der Waals surface area contributed by atoms with Crippen molar-refractivity contribution < 1.29 is 24.2 Å². The van der Waals surface area contributed by atoms with E-state index in [4.69, 9.17) is 21.1 Å². The largest absolute Gasteiger partial charge is 0.479 e. The molecule has 0 aliphatic heterocycles. The van der Waals surface area contributed by atoms with Crippen LogP contribution < -0.4 is 5.32 Å². The number of hydrogen-bond acceptors (Lipinski definition) is 4. The molecule has 0 bridgehead atoms. The lowest BCUT2D eigenvalue weighted by Crippen LogP contribution is -2.29. The van der Waals surface area contributed by atoms with Gasteiger partial charge in [0.2, 0.25) is 0 Å². The molecule has 1 unspecified atom stereocenters. The maximum absolute atomic E-state index is 11.8. The van der Waals surface area contributed by atoms with Gasteiger partial charge in [0.25, 0.3) is 0 Å². The number of ether oxygens (including phenoxy) is 2. The van der Waals surface area contributed by atoms with E-state index in [0.717, 1.165) is 11.1 Å². The lowest BCUT2D eigenvalue weighted by atomic mass is 10.0. The van der Waals surface area contributed by atoms with Gasteiger partial charge >= 0.3 is 12.1 Å². The predicted molar refractivity (Wildman–Crippen MR) is 108 cm³/mol. The molecule has 1 atom stereocenters. The Kier molecular flexibility index (Phi) is 8.29. The summed E-state index contributed by atoms with van der Waals surface area (Å²) < 4.78 is 10.6. The first-order chi connectivity index (χ1) is 13.3. The van der Waals surface area contributed by atoms with Crippen LogP contribution in [0.1, 0.15) is 25.0 Å². The number of halogens is 1. The zero-order chi connectivity index (χ0) is 20.5. The molecule has 0 fully saturated rings. The number of hydrogen-bond donors (Lipinski definition) is 2. The molecule has 0 saturated carbocycles. The van der Waals surface area contributed by atoms with Gasteiger partial charge in [-0.2, -0.15) is 0 Å². The summed E-state index contributed by atoms with van der Waals surface area (Å²) in [5.41, 5.74) is 2.42. The standard InChI is InChI=1S/C21H24ClNO5/c1-14(2)28-19(20(24)25)12-16-8-6-15(7-9-16)10-11-27-21(26)23-18-5-3-4-17(22)13-18/h3-9,13-14,19H,10-12H2,1-2H3,(H,23,26)(H,24,25). The van der Waals surface area contributed by atoms with Crippen LogP contribution in [0.25, 0.3) is 0 Å². The quantitative estimate of drug-likeness (QED) is 0.639. The number of anilines is 1. The van der Waals surface area contributed by atoms with Crippen LogP contribution in [0.3, 0.4) is 0 Å². The second kappa shape index (κ2) is 10.7. The number of benzene rings is 2. The molecule has 2 rings (SSSR count). The number of carbonyl (C=O) groups is 2. The maximum atomic E-state index is 11.8. The summed E-state index contributed by atoms with van der Waals surface area (Å²) in [6.07, 6.45) is -0.727. The Balaban J connectivity index is 1.79. The minimum atomic E-state index is -0.975. The molecular formula is C21H24ClNO5. The third-order valence-corrected chi connectivity index (χ3v) is 4.09. The van der Waals surface area contributed by atoms with Gasteiger partial charge in [-0.3, -0.25) is 5.32 Å². The number of aliphatic carboxylic acids is 1. The monoisotopic (exact) mass is 405 g/mol. The zero-order valence-corrected chi connectivity index (χ0v) is 16.6. The first-order valence-electron chi connectivity index (χ1n) is 8.99. The minimum absolute atomic E-state index is 0.157. The number of amides is 1. The molecule has 0 aromatic heterocycles. The fraction of sp³-hybridized carbons (Fsp3) is 0.333. The van der Waals surface area contributed by atoms with Crippen LogP contribution in [-0.4, -0.2) is 36.0 Å². The summed E-state index contributed by atoms with van der Waals surface area (Å²) >= 11 is 5.87. The molecule has 2 N–H and O–H groups in total. The molecule has 2 aromatic rings. The highest BCUT2D eigenvalue weighted by molar-refractivity contribution is 6.30. The van der Waals surface area contributed by atoms with Gasteiger partial charge in [-0.1, -0.05) is 41.9 Å². The van der Waals surface area contributed by atoms with Gasteiger partial charge in [-0.05, 0) is 43.2 Å². The van der Waals surface area contributed by atoms with Crippen molar-refractivity contribution in [3.8, 4) is 0 Å². The van der Waals surface area contributed by atoms with E-state index in [-0.39, 0.29) is 12.7 Å². The average Bonchev–Trinajstić information content (AvgIpc) is 2.62. The highest BCUT2D eigenvalue weighted by atomic mass is 35.5. The Hall–Kier alpha value is -2.57. The first kappa shape index (κ1) is 21.7. The summed E-state index contributed by atoms with van der Waals surface area (Å²) in [5, 5.41) is 12.4. The van der Waals surface area contributed by atoms with Crippen molar-refractivity contribution in [3.63, 3.8) is 0 Å². The molecule has 1 amide bonds. The van der Waals surface area contributed by atoms with Gasteiger partial charge in [0.1, 0.15) is 0 Å². The van der Waals surface area contributed by atoms with Crippen LogP contribution in [0.4, 0.5) is 10.5 Å². The fourth-order valence-electron chi connectivity index (χ4n) is 2.56. The summed E-state index contributed by atoms with van der Waals surface area (Å²) in [7, 11) is 0. The fourth-order valence-corrected chi connectivity index (χ4v) is 2.75. The molecule has 0 saturated heterocycles. The Morgan fingerprint density at radius 3 is 2.39 bits per heavy atom. The lowest BCUT2D eigenvalue weighted by Gasteiger charge is -2.16. The van der Waals surface area contributed by atoms with E-state index in [0.29, 0.717) is 23.6 Å². The third-order valence-electron chi connectivity index (χ3n) is 3.85. The van der Waals surface area contributed by atoms with Crippen molar-refractivity contribution in [2.75, 3.05) is 11.9 Å². The number of rotatable bonds is 9. The minimum Gasteiger partial charge on any atom is -0.479 e. The summed E-state index contributed by atoms with van der Waals surface area (Å²) in [6, 6.07) is 14.3. The number of carboxylic acids is 1. The van der Waals surface area contributed by atoms with Crippen LogP contribution in [0.2, 0.25) is 5.02 Å². The van der Waals surface area contributed by atoms with E-state index in [1.165, 1.54) is 0 Å². The second-order valence-corrected chi connectivity index (χ2v) is 6.99. The maximum Gasteiger partial charge on any atom is 0.411 e. The normalized spacial score (nSPS) is 11.9.